The van der Waals surface area contributed by atoms with Gasteiger partial charge in [0.2, 0.25) is 0 Å². The molecule has 0 bridgehead atoms. The Balaban J connectivity index is 1.55. The fraction of sp³-hybridized carbons (Fsp3) is 0.500. The molecule has 180 valence electrons. The minimum atomic E-state index is -2.63. The van der Waals surface area contributed by atoms with Gasteiger partial charge in [0.1, 0.15) is 22.3 Å². The number of aliphatic hydroxyl groups is 1. The molecule has 33 heavy (non-hydrogen) atoms. The first-order valence-corrected chi connectivity index (χ1v) is 11.1. The summed E-state index contributed by atoms with van der Waals surface area (Å²) in [6.07, 6.45) is 3.02. The number of alkyl halides is 2. The number of hydrogen-bond donors (Lipinski definition) is 5. The van der Waals surface area contributed by atoms with Crippen LogP contribution in [-0.2, 0) is 4.79 Å². The molecule has 0 radical (unpaired) electrons. The van der Waals surface area contributed by atoms with E-state index in [2.05, 4.69) is 20.9 Å². The van der Waals surface area contributed by atoms with Crippen molar-refractivity contribution in [2.45, 2.75) is 63.6 Å². The van der Waals surface area contributed by atoms with Crippen LogP contribution in [-0.4, -0.2) is 49.8 Å². The predicted octanol–water partition coefficient (Wildman–Crippen LogP) is 3.57. The van der Waals surface area contributed by atoms with E-state index in [-0.39, 0.29) is 35.1 Å². The van der Waals surface area contributed by atoms with Crippen molar-refractivity contribution < 1.29 is 18.7 Å². The normalized spacial score (nSPS) is 19.5. The van der Waals surface area contributed by atoms with Gasteiger partial charge in [-0.3, -0.25) is 14.6 Å². The Bertz CT molecular complexity index is 1030. The summed E-state index contributed by atoms with van der Waals surface area (Å²) in [6.45, 7) is 3.45. The molecule has 1 amide bonds. The largest absolute Gasteiger partial charge is 0.389 e. The number of carbonyl (C=O) groups is 1. The highest BCUT2D eigenvalue weighted by Crippen LogP contribution is 2.25. The first kappa shape index (κ1) is 24.9. The van der Waals surface area contributed by atoms with Crippen molar-refractivity contribution in [3.05, 3.63) is 41.9 Å². The molecule has 3 rings (SSSR count). The van der Waals surface area contributed by atoms with Crippen molar-refractivity contribution in [3.63, 3.8) is 0 Å². The van der Waals surface area contributed by atoms with E-state index in [0.29, 0.717) is 24.3 Å². The average Bonchev–Trinajstić information content (AvgIpc) is 3.17. The fourth-order valence-electron chi connectivity index (χ4n) is 3.74. The Morgan fingerprint density at radius 1 is 1.33 bits per heavy atom. The molecule has 0 aliphatic heterocycles. The maximum atomic E-state index is 13.0. The molecule has 1 fully saturated rings. The predicted molar refractivity (Wildman–Crippen MR) is 124 cm³/mol. The first-order chi connectivity index (χ1) is 15.5. The van der Waals surface area contributed by atoms with Gasteiger partial charge >= 0.3 is 0 Å². The lowest BCUT2D eigenvalue weighted by Gasteiger charge is -2.30. The molecule has 8 nitrogen and oxygen atoms in total. The summed E-state index contributed by atoms with van der Waals surface area (Å²) < 4.78 is 27.6. The van der Waals surface area contributed by atoms with Gasteiger partial charge in [0.15, 0.2) is 0 Å². The topological polar surface area (TPSA) is 115 Å². The van der Waals surface area contributed by atoms with Crippen LogP contribution in [0.15, 0.2) is 36.2 Å². The number of nitrogens with zero attached hydrogens (tertiary/aromatic N) is 2. The van der Waals surface area contributed by atoms with Gasteiger partial charge < -0.3 is 21.1 Å². The van der Waals surface area contributed by atoms with Gasteiger partial charge in [-0.2, -0.15) is 0 Å². The zero-order valence-electron chi connectivity index (χ0n) is 18.5. The Morgan fingerprint density at radius 2 is 2.00 bits per heavy atom. The summed E-state index contributed by atoms with van der Waals surface area (Å²) >= 11 is 5.78. The van der Waals surface area contributed by atoms with Gasteiger partial charge in [0.25, 0.3) is 12.3 Å². The van der Waals surface area contributed by atoms with E-state index in [9.17, 15) is 18.7 Å². The van der Waals surface area contributed by atoms with Crippen LogP contribution in [0.2, 0.25) is 0 Å². The van der Waals surface area contributed by atoms with E-state index < -0.39 is 17.9 Å². The maximum Gasteiger partial charge on any atom is 0.281 e. The average molecular weight is 483 g/mol. The van der Waals surface area contributed by atoms with E-state index in [1.54, 1.807) is 30.4 Å². The van der Waals surface area contributed by atoms with Gasteiger partial charge in [-0.25, -0.2) is 13.8 Å². The van der Waals surface area contributed by atoms with E-state index >= 15 is 0 Å². The number of amides is 1. The van der Waals surface area contributed by atoms with Crippen LogP contribution in [0.4, 0.5) is 14.6 Å². The minimum absolute atomic E-state index is 0.00258. The zero-order chi connectivity index (χ0) is 24.2. The number of aromatic nitrogens is 2. The lowest BCUT2D eigenvalue weighted by atomic mass is 9.91. The van der Waals surface area contributed by atoms with Gasteiger partial charge in [-0.1, -0.05) is 17.7 Å². The molecular weight excluding hydrogens is 454 g/mol. The van der Waals surface area contributed by atoms with Crippen molar-refractivity contribution >= 4 is 34.1 Å². The highest BCUT2D eigenvalue weighted by Gasteiger charge is 2.25. The summed E-state index contributed by atoms with van der Waals surface area (Å²) in [7, 11) is 0. The Morgan fingerprint density at radius 3 is 2.61 bits per heavy atom. The van der Waals surface area contributed by atoms with Gasteiger partial charge in [-0.15, -0.1) is 0 Å². The van der Waals surface area contributed by atoms with Crippen LogP contribution in [0.25, 0.3) is 5.65 Å². The molecule has 11 heteroatoms. The number of rotatable bonds is 9. The zero-order valence-corrected chi connectivity index (χ0v) is 19.3. The molecule has 2 aromatic heterocycles. The number of hydrogen-bond acceptors (Lipinski definition) is 6. The number of halogens is 3. The summed E-state index contributed by atoms with van der Waals surface area (Å²) in [5, 5.41) is 26.2. The van der Waals surface area contributed by atoms with Crippen molar-refractivity contribution in [1.82, 2.24) is 20.0 Å². The summed E-state index contributed by atoms with van der Waals surface area (Å²) in [4.78, 5) is 16.5. The van der Waals surface area contributed by atoms with E-state index in [1.165, 1.54) is 12.4 Å². The molecule has 5 N–H and O–H groups in total. The molecule has 1 aliphatic rings. The van der Waals surface area contributed by atoms with Gasteiger partial charge in [0.05, 0.1) is 11.2 Å². The van der Waals surface area contributed by atoms with Crippen LogP contribution in [0.1, 0.15) is 51.7 Å². The minimum Gasteiger partial charge on any atom is -0.389 e. The molecule has 0 saturated heterocycles. The first-order valence-electron chi connectivity index (χ1n) is 10.8. The third kappa shape index (κ3) is 6.88. The van der Waals surface area contributed by atoms with Crippen molar-refractivity contribution in [2.75, 3.05) is 11.9 Å². The number of nitrogens with one attached hydrogen (secondary N) is 4. The standard InChI is InChI=1S/C22H29ClF2N6O2/c1-22(2,33)12-27-10-15(19(23)26)21(32)29-14-8-6-13(7-9-14)28-17-4-3-5-18-30-16(20(24)25)11-31(17)18/h3-5,10-11,13-14,20,26-28,33H,6-9,12H2,1-2H3,(H,29,32)/b15-10+,26-19?. The van der Waals surface area contributed by atoms with Crippen molar-refractivity contribution in [2.24, 2.45) is 0 Å². The number of carbonyl (C=O) groups excluding carboxylic acids is 1. The highest BCUT2D eigenvalue weighted by molar-refractivity contribution is 6.71. The van der Waals surface area contributed by atoms with Crippen molar-refractivity contribution in [1.29, 1.82) is 5.41 Å². The molecule has 0 spiro atoms. The molecule has 0 unspecified atom stereocenters. The van der Waals surface area contributed by atoms with E-state index in [1.807, 2.05) is 6.07 Å². The van der Waals surface area contributed by atoms with Crippen LogP contribution >= 0.6 is 11.6 Å². The fourth-order valence-corrected chi connectivity index (χ4v) is 3.88. The summed E-state index contributed by atoms with van der Waals surface area (Å²) in [5.41, 5.74) is -0.776. The van der Waals surface area contributed by atoms with E-state index in [4.69, 9.17) is 17.0 Å². The molecular formula is C22H29ClF2N6O2. The molecule has 1 aliphatic carbocycles. The van der Waals surface area contributed by atoms with Crippen LogP contribution in [0.5, 0.6) is 0 Å². The third-order valence-corrected chi connectivity index (χ3v) is 5.61. The lowest BCUT2D eigenvalue weighted by Crippen LogP contribution is -2.42. The monoisotopic (exact) mass is 482 g/mol. The second-order valence-electron chi connectivity index (χ2n) is 8.84. The third-order valence-electron chi connectivity index (χ3n) is 5.41. The molecule has 0 aromatic carbocycles. The lowest BCUT2D eigenvalue weighted by molar-refractivity contribution is -0.117. The number of pyridine rings is 1. The molecule has 0 atom stereocenters. The highest BCUT2D eigenvalue weighted by atomic mass is 35.5. The Hall–Kier alpha value is -2.72. The second-order valence-corrected chi connectivity index (χ2v) is 9.22. The maximum absolute atomic E-state index is 13.0. The quantitative estimate of drug-likeness (QED) is 0.277. The smallest absolute Gasteiger partial charge is 0.281 e. The van der Waals surface area contributed by atoms with Crippen molar-refractivity contribution in [3.8, 4) is 0 Å². The van der Waals surface area contributed by atoms with Crippen LogP contribution in [0.3, 0.4) is 0 Å². The molecule has 1 saturated carbocycles. The number of imidazole rings is 1. The molecule has 2 aromatic rings. The second kappa shape index (κ2) is 10.5. The summed E-state index contributed by atoms with van der Waals surface area (Å²) in [6, 6.07) is 5.32. The summed E-state index contributed by atoms with van der Waals surface area (Å²) in [5.74, 6) is 0.246. The number of fused-ring (bicyclic) bond motifs is 1. The SMILES string of the molecule is CC(C)(O)CN/C=C(\C(=N)Cl)C(=O)NC1CCC(Nc2cccc3nc(C(F)F)cn23)CC1. The Kier molecular flexibility index (Phi) is 7.91. The van der Waals surface area contributed by atoms with Crippen LogP contribution < -0.4 is 16.0 Å². The Labute approximate surface area is 195 Å². The number of anilines is 1. The van der Waals surface area contributed by atoms with Gasteiger partial charge in [0, 0.05) is 31.0 Å². The molecule has 2 heterocycles. The van der Waals surface area contributed by atoms with Crippen LogP contribution in [0, 0.1) is 5.41 Å². The van der Waals surface area contributed by atoms with Gasteiger partial charge in [-0.05, 0) is 51.7 Å². The van der Waals surface area contributed by atoms with E-state index in [0.717, 1.165) is 12.8 Å².